The molecule has 0 atom stereocenters. The topological polar surface area (TPSA) is 88.8 Å². The predicted octanol–water partition coefficient (Wildman–Crippen LogP) is 3.60. The number of halogens is 1. The lowest BCUT2D eigenvalue weighted by molar-refractivity contribution is 0.0998. The lowest BCUT2D eigenvalue weighted by Gasteiger charge is -2.15. The molecule has 0 aliphatic heterocycles. The molecular formula is C18H17ClN2O5S. The molecule has 1 heterocycles. The van der Waals surface area contributed by atoms with E-state index in [1.165, 1.54) is 33.3 Å². The van der Waals surface area contributed by atoms with Crippen LogP contribution in [0.1, 0.15) is 10.6 Å². The first-order valence-corrected chi connectivity index (χ1v) is 9.65. The molecule has 0 bridgehead atoms. The van der Waals surface area contributed by atoms with Gasteiger partial charge >= 0.3 is 0 Å². The number of hydrogen-bond acceptors (Lipinski definition) is 5. The second kappa shape index (κ2) is 7.22. The molecule has 2 aromatic carbocycles. The highest BCUT2D eigenvalue weighted by molar-refractivity contribution is 7.89. The van der Waals surface area contributed by atoms with Crippen molar-refractivity contribution in [1.82, 2.24) is 4.31 Å². The molecule has 0 aliphatic rings. The number of nitrogens with zero attached hydrogens (tertiary/aromatic N) is 1. The molecule has 1 N–H and O–H groups in total. The maximum absolute atomic E-state index is 12.5. The van der Waals surface area contributed by atoms with Crippen LogP contribution in [0, 0.1) is 0 Å². The lowest BCUT2D eigenvalue weighted by atomic mass is 10.2. The summed E-state index contributed by atoms with van der Waals surface area (Å²) in [5, 5.41) is 3.86. The molecule has 1 amide bonds. The fourth-order valence-corrected chi connectivity index (χ4v) is 3.73. The molecule has 0 aliphatic carbocycles. The number of anilines is 1. The fraction of sp³-hybridized carbons (Fsp3) is 0.167. The molecule has 1 aromatic heterocycles. The SMILES string of the molecule is COc1ccc(NC(=O)c2cc3cc(Cl)ccc3o2)cc1S(=O)(=O)N(C)C. The van der Waals surface area contributed by atoms with E-state index in [1.807, 2.05) is 0 Å². The summed E-state index contributed by atoms with van der Waals surface area (Å²) in [7, 11) is 0.460. The Labute approximate surface area is 161 Å². The Bertz CT molecular complexity index is 1120. The van der Waals surface area contributed by atoms with Crippen LogP contribution in [0.3, 0.4) is 0 Å². The zero-order valence-electron chi connectivity index (χ0n) is 14.8. The summed E-state index contributed by atoms with van der Waals surface area (Å²) in [6.45, 7) is 0. The van der Waals surface area contributed by atoms with Crippen LogP contribution in [0.15, 0.2) is 51.8 Å². The van der Waals surface area contributed by atoms with Crippen LogP contribution < -0.4 is 10.1 Å². The molecule has 0 fully saturated rings. The van der Waals surface area contributed by atoms with Crippen molar-refractivity contribution in [3.05, 3.63) is 53.2 Å². The Morgan fingerprint density at radius 2 is 1.89 bits per heavy atom. The van der Waals surface area contributed by atoms with E-state index in [1.54, 1.807) is 30.3 Å². The van der Waals surface area contributed by atoms with E-state index in [9.17, 15) is 13.2 Å². The molecule has 3 aromatic rings. The fourth-order valence-electron chi connectivity index (χ4n) is 2.47. The Morgan fingerprint density at radius 3 is 2.56 bits per heavy atom. The molecule has 7 nitrogen and oxygen atoms in total. The van der Waals surface area contributed by atoms with Crippen LogP contribution >= 0.6 is 11.6 Å². The van der Waals surface area contributed by atoms with E-state index in [-0.39, 0.29) is 16.4 Å². The van der Waals surface area contributed by atoms with Gasteiger partial charge in [0.1, 0.15) is 16.2 Å². The van der Waals surface area contributed by atoms with Crippen molar-refractivity contribution in [2.75, 3.05) is 26.5 Å². The van der Waals surface area contributed by atoms with E-state index in [4.69, 9.17) is 20.8 Å². The molecule has 0 saturated carbocycles. The monoisotopic (exact) mass is 408 g/mol. The molecule has 0 radical (unpaired) electrons. The minimum Gasteiger partial charge on any atom is -0.495 e. The number of furan rings is 1. The van der Waals surface area contributed by atoms with Crippen molar-refractivity contribution < 1.29 is 22.4 Å². The number of carbonyl (C=O) groups is 1. The number of rotatable bonds is 5. The van der Waals surface area contributed by atoms with Crippen LogP contribution in [-0.4, -0.2) is 39.8 Å². The number of ether oxygens (including phenoxy) is 1. The van der Waals surface area contributed by atoms with Gasteiger partial charge < -0.3 is 14.5 Å². The number of sulfonamides is 1. The minimum absolute atomic E-state index is 0.0517. The average molecular weight is 409 g/mol. The highest BCUT2D eigenvalue weighted by atomic mass is 35.5. The number of hydrogen-bond donors (Lipinski definition) is 1. The first-order valence-electron chi connectivity index (χ1n) is 7.83. The van der Waals surface area contributed by atoms with E-state index < -0.39 is 15.9 Å². The van der Waals surface area contributed by atoms with Crippen LogP contribution in [0.4, 0.5) is 5.69 Å². The molecule has 27 heavy (non-hydrogen) atoms. The van der Waals surface area contributed by atoms with Gasteiger partial charge in [-0.2, -0.15) is 0 Å². The smallest absolute Gasteiger partial charge is 0.291 e. The Kier molecular flexibility index (Phi) is 5.14. The van der Waals surface area contributed by atoms with Gasteiger partial charge in [0.2, 0.25) is 10.0 Å². The van der Waals surface area contributed by atoms with E-state index >= 15 is 0 Å². The molecular weight excluding hydrogens is 392 g/mol. The number of amides is 1. The first-order chi connectivity index (χ1) is 12.7. The molecule has 0 spiro atoms. The lowest BCUT2D eigenvalue weighted by Crippen LogP contribution is -2.23. The standard InChI is InChI=1S/C18H17ClN2O5S/c1-21(2)27(23,24)17-10-13(5-7-15(17)25-3)20-18(22)16-9-11-8-12(19)4-6-14(11)26-16/h4-10H,1-3H3,(H,20,22). The third-order valence-corrected chi connectivity index (χ3v) is 5.95. The number of fused-ring (bicyclic) bond motifs is 1. The predicted molar refractivity (Wildman–Crippen MR) is 103 cm³/mol. The van der Waals surface area contributed by atoms with Crippen molar-refractivity contribution in [2.45, 2.75) is 4.90 Å². The summed E-state index contributed by atoms with van der Waals surface area (Å²) in [6, 6.07) is 10.9. The Hall–Kier alpha value is -2.55. The van der Waals surface area contributed by atoms with Gasteiger partial charge in [0.05, 0.1) is 7.11 Å². The van der Waals surface area contributed by atoms with Gasteiger partial charge in [0.15, 0.2) is 5.76 Å². The van der Waals surface area contributed by atoms with Gasteiger partial charge in [-0.1, -0.05) is 11.6 Å². The van der Waals surface area contributed by atoms with Gasteiger partial charge in [-0.05, 0) is 42.5 Å². The van der Waals surface area contributed by atoms with Crippen molar-refractivity contribution in [3.8, 4) is 5.75 Å². The molecule has 0 unspecified atom stereocenters. The maximum Gasteiger partial charge on any atom is 0.291 e. The summed E-state index contributed by atoms with van der Waals surface area (Å²) in [4.78, 5) is 12.4. The Morgan fingerprint density at radius 1 is 1.15 bits per heavy atom. The van der Waals surface area contributed by atoms with Gasteiger partial charge in [-0.15, -0.1) is 0 Å². The summed E-state index contributed by atoms with van der Waals surface area (Å²) in [6.07, 6.45) is 0. The maximum atomic E-state index is 12.5. The summed E-state index contributed by atoms with van der Waals surface area (Å²) in [5.41, 5.74) is 0.815. The van der Waals surface area contributed by atoms with E-state index in [0.29, 0.717) is 21.7 Å². The van der Waals surface area contributed by atoms with Crippen molar-refractivity contribution in [1.29, 1.82) is 0 Å². The van der Waals surface area contributed by atoms with Crippen LogP contribution in [0.5, 0.6) is 5.75 Å². The highest BCUT2D eigenvalue weighted by Crippen LogP contribution is 2.29. The molecule has 0 saturated heterocycles. The second-order valence-electron chi connectivity index (χ2n) is 5.90. The number of benzene rings is 2. The van der Waals surface area contributed by atoms with Crippen molar-refractivity contribution >= 4 is 44.2 Å². The summed E-state index contributed by atoms with van der Waals surface area (Å²) in [5.74, 6) is -0.249. The van der Waals surface area contributed by atoms with Crippen molar-refractivity contribution in [3.63, 3.8) is 0 Å². The quantitative estimate of drug-likeness (QED) is 0.696. The first kappa shape index (κ1) is 19.2. The second-order valence-corrected chi connectivity index (χ2v) is 8.46. The number of carbonyl (C=O) groups excluding carboxylic acids is 1. The number of nitrogens with one attached hydrogen (secondary N) is 1. The zero-order valence-corrected chi connectivity index (χ0v) is 16.4. The summed E-state index contributed by atoms with van der Waals surface area (Å²) >= 11 is 5.94. The van der Waals surface area contributed by atoms with Crippen molar-refractivity contribution in [2.24, 2.45) is 0 Å². The molecule has 3 rings (SSSR count). The van der Waals surface area contributed by atoms with Gasteiger partial charge in [0, 0.05) is 30.2 Å². The van der Waals surface area contributed by atoms with Crippen LogP contribution in [0.2, 0.25) is 5.02 Å². The van der Waals surface area contributed by atoms with Gasteiger partial charge in [-0.25, -0.2) is 12.7 Å². The number of methoxy groups -OCH3 is 1. The van der Waals surface area contributed by atoms with Gasteiger partial charge in [0.25, 0.3) is 5.91 Å². The van der Waals surface area contributed by atoms with Crippen LogP contribution in [-0.2, 0) is 10.0 Å². The van der Waals surface area contributed by atoms with E-state index in [2.05, 4.69) is 5.32 Å². The average Bonchev–Trinajstić information content (AvgIpc) is 3.04. The third kappa shape index (κ3) is 3.78. The highest BCUT2D eigenvalue weighted by Gasteiger charge is 2.23. The molecule has 142 valence electrons. The normalized spacial score (nSPS) is 11.7. The summed E-state index contributed by atoms with van der Waals surface area (Å²) < 4.78 is 36.7. The third-order valence-electron chi connectivity index (χ3n) is 3.88. The minimum atomic E-state index is -3.75. The van der Waals surface area contributed by atoms with Crippen LogP contribution in [0.25, 0.3) is 11.0 Å². The van der Waals surface area contributed by atoms with E-state index in [0.717, 1.165) is 4.31 Å². The largest absolute Gasteiger partial charge is 0.495 e. The zero-order chi connectivity index (χ0) is 19.8. The molecule has 9 heteroatoms. The Balaban J connectivity index is 1.93. The van der Waals surface area contributed by atoms with Gasteiger partial charge in [-0.3, -0.25) is 4.79 Å².